The second-order valence-corrected chi connectivity index (χ2v) is 14.7. The molecule has 9 heteroatoms. The fourth-order valence-corrected chi connectivity index (χ4v) is 7.85. The molecular weight excluding hydrogens is 630 g/mol. The highest BCUT2D eigenvalue weighted by Gasteiger charge is 2.36. The third-order valence-corrected chi connectivity index (χ3v) is 10.9. The number of hydrogen-bond acceptors (Lipinski definition) is 4. The van der Waals surface area contributed by atoms with Gasteiger partial charge in [-0.3, -0.25) is 13.9 Å². The average molecular weight is 672 g/mol. The van der Waals surface area contributed by atoms with E-state index < -0.39 is 28.5 Å². The topological polar surface area (TPSA) is 86.8 Å². The molecular formula is C38H42ClN3O4S. The van der Waals surface area contributed by atoms with E-state index in [2.05, 4.69) is 5.32 Å². The Morgan fingerprint density at radius 2 is 1.51 bits per heavy atom. The molecule has 47 heavy (non-hydrogen) atoms. The Labute approximate surface area is 283 Å². The number of carbonyl (C=O) groups is 2. The van der Waals surface area contributed by atoms with Crippen molar-refractivity contribution in [2.75, 3.05) is 10.8 Å². The van der Waals surface area contributed by atoms with Gasteiger partial charge in [-0.15, -0.1) is 0 Å². The van der Waals surface area contributed by atoms with Crippen molar-refractivity contribution < 1.29 is 18.0 Å². The summed E-state index contributed by atoms with van der Waals surface area (Å²) in [6.07, 6.45) is 4.17. The first kappa shape index (κ1) is 34.2. The fourth-order valence-electron chi connectivity index (χ4n) is 6.14. The average Bonchev–Trinajstić information content (AvgIpc) is 3.56. The van der Waals surface area contributed by atoms with Crippen molar-refractivity contribution >= 4 is 39.1 Å². The van der Waals surface area contributed by atoms with Gasteiger partial charge in [0.05, 0.1) is 10.6 Å². The zero-order valence-electron chi connectivity index (χ0n) is 27.2. The molecule has 1 aliphatic carbocycles. The Hall–Kier alpha value is -4.14. The molecule has 5 rings (SSSR count). The van der Waals surface area contributed by atoms with Crippen LogP contribution < -0.4 is 9.62 Å². The van der Waals surface area contributed by atoms with Crippen LogP contribution in [0.5, 0.6) is 0 Å². The van der Waals surface area contributed by atoms with E-state index in [9.17, 15) is 18.0 Å². The largest absolute Gasteiger partial charge is 0.352 e. The molecule has 0 bridgehead atoms. The highest BCUT2D eigenvalue weighted by molar-refractivity contribution is 7.92. The third-order valence-electron chi connectivity index (χ3n) is 8.89. The summed E-state index contributed by atoms with van der Waals surface area (Å²) in [6, 6.07) is 28.0. The lowest BCUT2D eigenvalue weighted by Crippen LogP contribution is -2.54. The number of carbonyl (C=O) groups excluding carboxylic acids is 2. The number of anilines is 1. The quantitative estimate of drug-likeness (QED) is 0.173. The van der Waals surface area contributed by atoms with Crippen molar-refractivity contribution in [3.05, 3.63) is 130 Å². The molecule has 1 unspecified atom stereocenters. The van der Waals surface area contributed by atoms with E-state index in [1.54, 1.807) is 54.3 Å². The van der Waals surface area contributed by atoms with E-state index in [0.29, 0.717) is 16.3 Å². The second-order valence-electron chi connectivity index (χ2n) is 12.4. The molecule has 0 aliphatic heterocycles. The number of halogens is 1. The number of amides is 2. The smallest absolute Gasteiger partial charge is 0.264 e. The molecule has 2 amide bonds. The monoisotopic (exact) mass is 671 g/mol. The van der Waals surface area contributed by atoms with E-state index in [1.807, 2.05) is 68.4 Å². The summed E-state index contributed by atoms with van der Waals surface area (Å²) in [5.74, 6) is -0.723. The normalized spacial score (nSPS) is 14.0. The van der Waals surface area contributed by atoms with E-state index >= 15 is 0 Å². The maximum absolute atomic E-state index is 14.7. The molecule has 0 heterocycles. The van der Waals surface area contributed by atoms with Crippen LogP contribution in [-0.2, 0) is 32.6 Å². The lowest BCUT2D eigenvalue weighted by atomic mass is 10.0. The fraction of sp³-hybridized carbons (Fsp3) is 0.316. The Kier molecular flexibility index (Phi) is 11.0. The van der Waals surface area contributed by atoms with Gasteiger partial charge in [0.25, 0.3) is 10.0 Å². The molecule has 1 aliphatic rings. The van der Waals surface area contributed by atoms with E-state index in [4.69, 9.17) is 11.6 Å². The van der Waals surface area contributed by atoms with Crippen LogP contribution in [0.3, 0.4) is 0 Å². The van der Waals surface area contributed by atoms with Gasteiger partial charge in [-0.1, -0.05) is 96.7 Å². The van der Waals surface area contributed by atoms with Crippen LogP contribution in [0.1, 0.15) is 53.5 Å². The number of nitrogens with one attached hydrogen (secondary N) is 1. The number of hydrogen-bond donors (Lipinski definition) is 1. The van der Waals surface area contributed by atoms with Gasteiger partial charge in [-0.2, -0.15) is 0 Å². The summed E-state index contributed by atoms with van der Waals surface area (Å²) in [7, 11) is -4.20. The first-order valence-corrected chi connectivity index (χ1v) is 17.9. The zero-order valence-corrected chi connectivity index (χ0v) is 28.7. The van der Waals surface area contributed by atoms with E-state index in [1.165, 1.54) is 0 Å². The predicted octanol–water partition coefficient (Wildman–Crippen LogP) is 7.16. The number of nitrogens with zero attached hydrogens (tertiary/aromatic N) is 2. The number of aryl methyl sites for hydroxylation is 3. The van der Waals surface area contributed by atoms with Crippen molar-refractivity contribution in [3.8, 4) is 0 Å². The lowest BCUT2D eigenvalue weighted by molar-refractivity contribution is -0.140. The summed E-state index contributed by atoms with van der Waals surface area (Å²) < 4.78 is 29.8. The molecule has 1 atom stereocenters. The van der Waals surface area contributed by atoms with Crippen molar-refractivity contribution in [2.45, 2.75) is 76.4 Å². The van der Waals surface area contributed by atoms with Gasteiger partial charge in [0.15, 0.2) is 0 Å². The van der Waals surface area contributed by atoms with Gasteiger partial charge in [0, 0.05) is 24.0 Å². The Balaban J connectivity index is 1.59. The first-order valence-electron chi connectivity index (χ1n) is 16.1. The maximum Gasteiger partial charge on any atom is 0.264 e. The van der Waals surface area contributed by atoms with Crippen molar-refractivity contribution in [1.82, 2.24) is 10.2 Å². The van der Waals surface area contributed by atoms with Gasteiger partial charge < -0.3 is 10.2 Å². The van der Waals surface area contributed by atoms with Crippen LogP contribution in [0.15, 0.2) is 102 Å². The standard InChI is InChI=1S/C38H42ClN3O4S/c1-27-17-20-34(21-18-27)47(45,46)42(35-22-19-32(39)23-29(35)3)26-37(43)41(25-31-14-8-7-11-28(31)2)36(24-30-12-5-4-6-13-30)38(44)40-33-15-9-10-16-33/h4-8,11-14,17-23,33,36H,9-10,15-16,24-26H2,1-3H3,(H,40,44). The molecule has 246 valence electrons. The Morgan fingerprint density at radius 1 is 0.851 bits per heavy atom. The van der Waals surface area contributed by atoms with Crippen LogP contribution in [0.25, 0.3) is 0 Å². The summed E-state index contributed by atoms with van der Waals surface area (Å²) in [4.78, 5) is 30.5. The first-order chi connectivity index (χ1) is 22.5. The molecule has 1 N–H and O–H groups in total. The van der Waals surface area contributed by atoms with Crippen LogP contribution in [0.2, 0.25) is 5.02 Å². The molecule has 0 aromatic heterocycles. The zero-order chi connectivity index (χ0) is 33.6. The van der Waals surface area contributed by atoms with E-state index in [-0.39, 0.29) is 29.8 Å². The number of benzene rings is 4. The van der Waals surface area contributed by atoms with Crippen LogP contribution in [-0.4, -0.2) is 43.8 Å². The minimum absolute atomic E-state index is 0.0475. The number of rotatable bonds is 12. The van der Waals surface area contributed by atoms with Crippen LogP contribution in [0, 0.1) is 20.8 Å². The summed E-state index contributed by atoms with van der Waals surface area (Å²) in [5.41, 5.74) is 4.61. The molecule has 0 radical (unpaired) electrons. The van der Waals surface area contributed by atoms with Crippen LogP contribution in [0.4, 0.5) is 5.69 Å². The molecule has 4 aromatic rings. The Morgan fingerprint density at radius 3 is 2.17 bits per heavy atom. The van der Waals surface area contributed by atoms with E-state index in [0.717, 1.165) is 52.2 Å². The highest BCUT2D eigenvalue weighted by atomic mass is 35.5. The predicted molar refractivity (Wildman–Crippen MR) is 188 cm³/mol. The molecule has 1 fully saturated rings. The highest BCUT2D eigenvalue weighted by Crippen LogP contribution is 2.30. The van der Waals surface area contributed by atoms with Gasteiger partial charge in [0.1, 0.15) is 12.6 Å². The maximum atomic E-state index is 14.7. The lowest BCUT2D eigenvalue weighted by Gasteiger charge is -2.35. The SMILES string of the molecule is Cc1ccc(S(=O)(=O)N(CC(=O)N(Cc2ccccc2C)C(Cc2ccccc2)C(=O)NC2CCCC2)c2ccc(Cl)cc2C)cc1. The van der Waals surface area contributed by atoms with Gasteiger partial charge in [0.2, 0.25) is 11.8 Å². The minimum Gasteiger partial charge on any atom is -0.352 e. The van der Waals surface area contributed by atoms with Gasteiger partial charge >= 0.3 is 0 Å². The second kappa shape index (κ2) is 15.2. The summed E-state index contributed by atoms with van der Waals surface area (Å²) in [5, 5.41) is 3.67. The van der Waals surface area contributed by atoms with Crippen molar-refractivity contribution in [1.29, 1.82) is 0 Å². The Bertz CT molecular complexity index is 1810. The molecule has 7 nitrogen and oxygen atoms in total. The van der Waals surface area contributed by atoms with Crippen molar-refractivity contribution in [2.24, 2.45) is 0 Å². The molecule has 0 saturated heterocycles. The van der Waals surface area contributed by atoms with Gasteiger partial charge in [-0.05, 0) is 86.2 Å². The van der Waals surface area contributed by atoms with Gasteiger partial charge in [-0.25, -0.2) is 8.42 Å². The minimum atomic E-state index is -4.20. The number of sulfonamides is 1. The third kappa shape index (κ3) is 8.42. The molecule has 4 aromatic carbocycles. The molecule has 0 spiro atoms. The summed E-state index contributed by atoms with van der Waals surface area (Å²) in [6.45, 7) is 5.25. The van der Waals surface area contributed by atoms with Crippen molar-refractivity contribution in [3.63, 3.8) is 0 Å². The molecule has 1 saturated carbocycles. The van der Waals surface area contributed by atoms with Crippen LogP contribution >= 0.6 is 11.6 Å². The summed E-state index contributed by atoms with van der Waals surface area (Å²) >= 11 is 6.27.